The number of halogens is 1. The third-order valence-corrected chi connectivity index (χ3v) is 5.44. The van der Waals surface area contributed by atoms with E-state index in [0.29, 0.717) is 18.5 Å². The Hall–Kier alpha value is 0.200. The first-order valence-electron chi connectivity index (χ1n) is 5.72. The Morgan fingerprint density at radius 2 is 1.88 bits per heavy atom. The molecular formula is C11H24ClNO2S. The predicted molar refractivity (Wildman–Crippen MR) is 71.0 cm³/mol. The van der Waals surface area contributed by atoms with E-state index in [1.807, 2.05) is 0 Å². The van der Waals surface area contributed by atoms with Crippen LogP contribution in [0.1, 0.15) is 40.5 Å². The van der Waals surface area contributed by atoms with E-state index in [-0.39, 0.29) is 5.75 Å². The largest absolute Gasteiger partial charge is 0.313 e. The van der Waals surface area contributed by atoms with E-state index in [9.17, 15) is 8.42 Å². The summed E-state index contributed by atoms with van der Waals surface area (Å²) < 4.78 is 22.9. The van der Waals surface area contributed by atoms with Gasteiger partial charge in [0.15, 0.2) is 9.84 Å². The Kier molecular flexibility index (Phi) is 6.90. The fourth-order valence-corrected chi connectivity index (χ4v) is 2.38. The highest BCUT2D eigenvalue weighted by Gasteiger charge is 2.28. The summed E-state index contributed by atoms with van der Waals surface area (Å²) in [5.74, 6) is 0.855. The third-order valence-electron chi connectivity index (χ3n) is 2.57. The lowest BCUT2D eigenvalue weighted by Crippen LogP contribution is -2.37. The molecule has 0 saturated heterocycles. The summed E-state index contributed by atoms with van der Waals surface area (Å²) >= 11 is 5.59. The van der Waals surface area contributed by atoms with Gasteiger partial charge < -0.3 is 5.32 Å². The van der Waals surface area contributed by atoms with Crippen molar-refractivity contribution in [1.82, 2.24) is 5.32 Å². The van der Waals surface area contributed by atoms with Crippen LogP contribution >= 0.6 is 11.6 Å². The first kappa shape index (κ1) is 16.2. The van der Waals surface area contributed by atoms with Crippen LogP contribution in [0.15, 0.2) is 0 Å². The molecule has 0 aliphatic heterocycles. The zero-order valence-electron chi connectivity index (χ0n) is 10.7. The molecular weight excluding hydrogens is 246 g/mol. The first-order chi connectivity index (χ1) is 7.20. The van der Waals surface area contributed by atoms with Crippen molar-refractivity contribution >= 4 is 21.4 Å². The van der Waals surface area contributed by atoms with Crippen LogP contribution in [0.25, 0.3) is 0 Å². The summed E-state index contributed by atoms with van der Waals surface area (Å²) in [7, 11) is -3.00. The molecule has 0 spiro atoms. The lowest BCUT2D eigenvalue weighted by Gasteiger charge is -2.20. The van der Waals surface area contributed by atoms with Crippen molar-refractivity contribution < 1.29 is 8.42 Å². The molecule has 98 valence electrons. The van der Waals surface area contributed by atoms with Crippen molar-refractivity contribution in [3.8, 4) is 0 Å². The molecule has 0 aromatic heterocycles. The predicted octanol–water partition coefficient (Wildman–Crippen LogP) is 2.20. The second kappa shape index (κ2) is 6.82. The van der Waals surface area contributed by atoms with Gasteiger partial charge in [0, 0.05) is 18.5 Å². The van der Waals surface area contributed by atoms with Crippen LogP contribution in [0.3, 0.4) is 0 Å². The molecule has 0 radical (unpaired) electrons. The molecule has 1 unspecified atom stereocenters. The van der Waals surface area contributed by atoms with E-state index in [1.165, 1.54) is 0 Å². The Morgan fingerprint density at radius 3 is 2.31 bits per heavy atom. The summed E-state index contributed by atoms with van der Waals surface area (Å²) in [6.07, 6.45) is 1.95. The zero-order chi connectivity index (χ0) is 12.8. The maximum Gasteiger partial charge on any atom is 0.156 e. The summed E-state index contributed by atoms with van der Waals surface area (Å²) in [6.45, 7) is 7.77. The molecule has 0 aliphatic carbocycles. The minimum absolute atomic E-state index is 0.196. The maximum atomic E-state index is 11.8. The van der Waals surface area contributed by atoms with Crippen molar-refractivity contribution in [1.29, 1.82) is 0 Å². The van der Waals surface area contributed by atoms with Crippen LogP contribution in [0, 0.1) is 0 Å². The summed E-state index contributed by atoms with van der Waals surface area (Å²) in [6, 6.07) is 0.328. The number of nitrogens with one attached hydrogen (secondary N) is 1. The Labute approximate surface area is 105 Å². The highest BCUT2D eigenvalue weighted by atomic mass is 35.5. The van der Waals surface area contributed by atoms with Crippen LogP contribution in [-0.4, -0.2) is 37.4 Å². The molecule has 0 aromatic carbocycles. The molecule has 1 N–H and O–H groups in total. The summed E-state index contributed by atoms with van der Waals surface area (Å²) in [5, 5.41) is 3.21. The van der Waals surface area contributed by atoms with E-state index in [0.717, 1.165) is 12.8 Å². The second-order valence-electron chi connectivity index (χ2n) is 5.12. The van der Waals surface area contributed by atoms with Gasteiger partial charge in [0.2, 0.25) is 0 Å². The van der Waals surface area contributed by atoms with Gasteiger partial charge in [-0.15, -0.1) is 11.6 Å². The SMILES string of the molecule is CC(CCCCl)NCCS(=O)(=O)C(C)(C)C. The topological polar surface area (TPSA) is 46.2 Å². The van der Waals surface area contributed by atoms with Gasteiger partial charge in [-0.25, -0.2) is 8.42 Å². The average Bonchev–Trinajstić information content (AvgIpc) is 2.12. The molecule has 16 heavy (non-hydrogen) atoms. The molecule has 0 bridgehead atoms. The van der Waals surface area contributed by atoms with E-state index in [1.54, 1.807) is 20.8 Å². The highest BCUT2D eigenvalue weighted by Crippen LogP contribution is 2.15. The molecule has 3 nitrogen and oxygen atoms in total. The van der Waals surface area contributed by atoms with Crippen molar-refractivity contribution in [3.63, 3.8) is 0 Å². The molecule has 0 amide bonds. The normalized spacial score (nSPS) is 15.1. The molecule has 5 heteroatoms. The van der Waals surface area contributed by atoms with Crippen LogP contribution in [0.2, 0.25) is 0 Å². The van der Waals surface area contributed by atoms with E-state index in [2.05, 4.69) is 12.2 Å². The van der Waals surface area contributed by atoms with E-state index < -0.39 is 14.6 Å². The standard InChI is InChI=1S/C11H24ClNO2S/c1-10(6-5-7-12)13-8-9-16(14,15)11(2,3)4/h10,13H,5-9H2,1-4H3. The molecule has 0 aromatic rings. The molecule has 0 aliphatic rings. The summed E-state index contributed by atoms with van der Waals surface area (Å²) in [4.78, 5) is 0. The number of alkyl halides is 1. The molecule has 0 heterocycles. The Morgan fingerprint density at radius 1 is 1.31 bits per heavy atom. The number of hydrogen-bond donors (Lipinski definition) is 1. The third kappa shape index (κ3) is 6.06. The smallest absolute Gasteiger partial charge is 0.156 e. The van der Waals surface area contributed by atoms with Crippen LogP contribution in [0.5, 0.6) is 0 Å². The van der Waals surface area contributed by atoms with Crippen molar-refractivity contribution in [2.75, 3.05) is 18.2 Å². The first-order valence-corrected chi connectivity index (χ1v) is 7.91. The fraction of sp³-hybridized carbons (Fsp3) is 1.00. The minimum Gasteiger partial charge on any atom is -0.313 e. The van der Waals surface area contributed by atoms with Crippen molar-refractivity contribution in [3.05, 3.63) is 0 Å². The Balaban J connectivity index is 3.91. The van der Waals surface area contributed by atoms with Crippen LogP contribution in [0.4, 0.5) is 0 Å². The maximum absolute atomic E-state index is 11.8. The quantitative estimate of drug-likeness (QED) is 0.721. The van der Waals surface area contributed by atoms with Gasteiger partial charge in [0.25, 0.3) is 0 Å². The van der Waals surface area contributed by atoms with E-state index >= 15 is 0 Å². The van der Waals surface area contributed by atoms with Gasteiger partial charge >= 0.3 is 0 Å². The fourth-order valence-electron chi connectivity index (χ4n) is 1.23. The van der Waals surface area contributed by atoms with Gasteiger partial charge in [0.1, 0.15) is 0 Å². The lowest BCUT2D eigenvalue weighted by molar-refractivity contribution is 0.515. The number of hydrogen-bond acceptors (Lipinski definition) is 3. The van der Waals surface area contributed by atoms with Crippen molar-refractivity contribution in [2.45, 2.75) is 51.3 Å². The monoisotopic (exact) mass is 269 g/mol. The van der Waals surface area contributed by atoms with Gasteiger partial charge in [-0.3, -0.25) is 0 Å². The number of sulfone groups is 1. The second-order valence-corrected chi connectivity index (χ2v) is 8.36. The van der Waals surface area contributed by atoms with Gasteiger partial charge in [-0.1, -0.05) is 0 Å². The van der Waals surface area contributed by atoms with Crippen molar-refractivity contribution in [2.24, 2.45) is 0 Å². The zero-order valence-corrected chi connectivity index (χ0v) is 12.3. The molecule has 0 saturated carbocycles. The van der Waals surface area contributed by atoms with Gasteiger partial charge in [-0.05, 0) is 40.5 Å². The van der Waals surface area contributed by atoms with Crippen LogP contribution < -0.4 is 5.32 Å². The summed E-state index contributed by atoms with van der Waals surface area (Å²) in [5.41, 5.74) is 0. The van der Waals surface area contributed by atoms with Gasteiger partial charge in [0.05, 0.1) is 10.5 Å². The molecule has 0 rings (SSSR count). The average molecular weight is 270 g/mol. The molecule has 1 atom stereocenters. The molecule has 0 fully saturated rings. The van der Waals surface area contributed by atoms with E-state index in [4.69, 9.17) is 11.6 Å². The number of rotatable bonds is 7. The van der Waals surface area contributed by atoms with Crippen LogP contribution in [-0.2, 0) is 9.84 Å². The lowest BCUT2D eigenvalue weighted by atomic mass is 10.2. The Bertz CT molecular complexity index is 283. The van der Waals surface area contributed by atoms with Gasteiger partial charge in [-0.2, -0.15) is 0 Å². The minimum atomic E-state index is -3.00. The highest BCUT2D eigenvalue weighted by molar-refractivity contribution is 7.92.